The number of amidine groups is 1. The van der Waals surface area contributed by atoms with Crippen LogP contribution in [0.2, 0.25) is 0 Å². The second-order valence-corrected chi connectivity index (χ2v) is 6.90. The van der Waals surface area contributed by atoms with Crippen molar-refractivity contribution in [1.82, 2.24) is 25.6 Å². The maximum Gasteiger partial charge on any atom is 0.287 e. The van der Waals surface area contributed by atoms with Gasteiger partial charge < -0.3 is 14.5 Å². The van der Waals surface area contributed by atoms with Gasteiger partial charge in [-0.05, 0) is 65.6 Å². The van der Waals surface area contributed by atoms with Crippen molar-refractivity contribution in [2.45, 2.75) is 0 Å². The SMILES string of the molecule is CN(C)CCN(C)CCOc1nonc1C(=Nc1ccc(F)c(Br)c1)NO. The molecule has 2 N–H and O–H groups in total. The van der Waals surface area contributed by atoms with E-state index in [0.717, 1.165) is 13.1 Å². The number of nitrogens with one attached hydrogen (secondary N) is 1. The van der Waals surface area contributed by atoms with Crippen LogP contribution >= 0.6 is 15.9 Å². The van der Waals surface area contributed by atoms with Crippen LogP contribution < -0.4 is 10.2 Å². The van der Waals surface area contributed by atoms with Gasteiger partial charge in [-0.1, -0.05) is 0 Å². The van der Waals surface area contributed by atoms with Crippen LogP contribution in [0, 0.1) is 5.82 Å². The summed E-state index contributed by atoms with van der Waals surface area (Å²) in [5, 5.41) is 16.8. The fourth-order valence-electron chi connectivity index (χ4n) is 2.02. The maximum absolute atomic E-state index is 13.3. The van der Waals surface area contributed by atoms with Crippen molar-refractivity contribution in [1.29, 1.82) is 0 Å². The fraction of sp³-hybridized carbons (Fsp3) is 0.438. The van der Waals surface area contributed by atoms with Crippen molar-refractivity contribution in [2.75, 3.05) is 47.4 Å². The summed E-state index contributed by atoms with van der Waals surface area (Å²) in [5.41, 5.74) is 2.43. The van der Waals surface area contributed by atoms with E-state index in [0.29, 0.717) is 18.8 Å². The Kier molecular flexibility index (Phi) is 8.10. The van der Waals surface area contributed by atoms with Gasteiger partial charge in [-0.3, -0.25) is 10.7 Å². The molecule has 0 aliphatic carbocycles. The number of hydrogen-bond donors (Lipinski definition) is 2. The van der Waals surface area contributed by atoms with Crippen LogP contribution in [0.1, 0.15) is 5.69 Å². The predicted octanol–water partition coefficient (Wildman–Crippen LogP) is 1.90. The highest BCUT2D eigenvalue weighted by molar-refractivity contribution is 9.10. The Morgan fingerprint density at radius 1 is 1.30 bits per heavy atom. The van der Waals surface area contributed by atoms with Crippen LogP contribution in [0.4, 0.5) is 10.1 Å². The second-order valence-electron chi connectivity index (χ2n) is 6.04. The minimum Gasteiger partial charge on any atom is -0.472 e. The molecule has 11 heteroatoms. The number of ether oxygens (including phenoxy) is 1. The Morgan fingerprint density at radius 2 is 2.07 bits per heavy atom. The van der Waals surface area contributed by atoms with Crippen molar-refractivity contribution in [3.05, 3.63) is 34.2 Å². The van der Waals surface area contributed by atoms with Crippen LogP contribution in [0.25, 0.3) is 0 Å². The molecule has 0 saturated carbocycles. The van der Waals surface area contributed by atoms with Gasteiger partial charge in [-0.2, -0.15) is 0 Å². The van der Waals surface area contributed by atoms with E-state index in [1.54, 1.807) is 0 Å². The van der Waals surface area contributed by atoms with Crippen LogP contribution in [0.15, 0.2) is 32.3 Å². The highest BCUT2D eigenvalue weighted by Gasteiger charge is 2.18. The van der Waals surface area contributed by atoms with Crippen molar-refractivity contribution in [3.8, 4) is 5.88 Å². The lowest BCUT2D eigenvalue weighted by molar-refractivity contribution is 0.206. The van der Waals surface area contributed by atoms with E-state index in [1.807, 2.05) is 26.6 Å². The zero-order valence-corrected chi connectivity index (χ0v) is 16.9. The highest BCUT2D eigenvalue weighted by Crippen LogP contribution is 2.23. The summed E-state index contributed by atoms with van der Waals surface area (Å²) in [6.45, 7) is 2.85. The minimum absolute atomic E-state index is 0.0364. The maximum atomic E-state index is 13.3. The Hall–Kier alpha value is -2.08. The van der Waals surface area contributed by atoms with E-state index in [2.05, 4.69) is 41.0 Å². The number of halogens is 2. The molecule has 0 radical (unpaired) electrons. The minimum atomic E-state index is -0.419. The highest BCUT2D eigenvalue weighted by atomic mass is 79.9. The van der Waals surface area contributed by atoms with E-state index in [1.165, 1.54) is 18.2 Å². The van der Waals surface area contributed by atoms with E-state index >= 15 is 0 Å². The topological polar surface area (TPSA) is 99.3 Å². The molecule has 1 heterocycles. The average molecular weight is 445 g/mol. The summed E-state index contributed by atoms with van der Waals surface area (Å²) in [4.78, 5) is 8.39. The Morgan fingerprint density at radius 3 is 2.74 bits per heavy atom. The average Bonchev–Trinajstić information content (AvgIpc) is 3.09. The van der Waals surface area contributed by atoms with E-state index in [4.69, 9.17) is 9.37 Å². The van der Waals surface area contributed by atoms with Crippen molar-refractivity contribution < 1.29 is 19.0 Å². The van der Waals surface area contributed by atoms with Crippen LogP contribution in [0.3, 0.4) is 0 Å². The number of aliphatic imine (C=N–C) groups is 1. The number of likely N-dealkylation sites (N-methyl/N-ethyl adjacent to an activating group) is 2. The molecule has 27 heavy (non-hydrogen) atoms. The van der Waals surface area contributed by atoms with Crippen molar-refractivity contribution in [3.63, 3.8) is 0 Å². The quantitative estimate of drug-likeness (QED) is 0.343. The number of aromatic nitrogens is 2. The molecule has 0 spiro atoms. The summed E-state index contributed by atoms with van der Waals surface area (Å²) < 4.78 is 23.9. The van der Waals surface area contributed by atoms with Crippen molar-refractivity contribution in [2.24, 2.45) is 4.99 Å². The first-order valence-electron chi connectivity index (χ1n) is 8.13. The molecule has 0 fully saturated rings. The lowest BCUT2D eigenvalue weighted by Crippen LogP contribution is -2.31. The standard InChI is InChI=1S/C16H22BrFN6O3/c1-23(2)6-7-24(3)8-9-26-16-14(21-27-22-16)15(20-25)19-11-4-5-13(18)12(17)10-11/h4-5,10,25H,6-9H2,1-3H3,(H,19,20). The molecule has 0 amide bonds. The van der Waals surface area contributed by atoms with E-state index in [9.17, 15) is 9.60 Å². The zero-order chi connectivity index (χ0) is 19.8. The lowest BCUT2D eigenvalue weighted by atomic mass is 10.3. The zero-order valence-electron chi connectivity index (χ0n) is 15.3. The molecule has 0 unspecified atom stereocenters. The molecular formula is C16H22BrFN6O3. The van der Waals surface area contributed by atoms with Gasteiger partial charge in [0.2, 0.25) is 5.69 Å². The van der Waals surface area contributed by atoms with Gasteiger partial charge in [0, 0.05) is 19.6 Å². The molecule has 9 nitrogen and oxygen atoms in total. The number of rotatable bonds is 9. The molecule has 0 aliphatic heterocycles. The monoisotopic (exact) mass is 444 g/mol. The summed E-state index contributed by atoms with van der Waals surface area (Å²) in [5.74, 6) is -0.360. The smallest absolute Gasteiger partial charge is 0.287 e. The first-order valence-corrected chi connectivity index (χ1v) is 8.93. The second kappa shape index (κ2) is 10.3. The van der Waals surface area contributed by atoms with Gasteiger partial charge in [0.15, 0.2) is 5.84 Å². The third-order valence-electron chi connectivity index (χ3n) is 3.57. The lowest BCUT2D eigenvalue weighted by Gasteiger charge is -2.18. The molecule has 0 aliphatic rings. The van der Waals surface area contributed by atoms with Gasteiger partial charge in [-0.25, -0.2) is 14.0 Å². The molecule has 0 bridgehead atoms. The molecule has 0 atom stereocenters. The third-order valence-corrected chi connectivity index (χ3v) is 4.18. The molecule has 2 aromatic rings. The van der Waals surface area contributed by atoms with Gasteiger partial charge in [-0.15, -0.1) is 0 Å². The Labute approximate surface area is 164 Å². The summed E-state index contributed by atoms with van der Waals surface area (Å²) in [6, 6.07) is 4.16. The third kappa shape index (κ3) is 6.54. The molecule has 1 aromatic carbocycles. The first-order chi connectivity index (χ1) is 12.9. The molecule has 2 rings (SSSR count). The summed E-state index contributed by atoms with van der Waals surface area (Å²) >= 11 is 3.08. The largest absolute Gasteiger partial charge is 0.472 e. The first kappa shape index (κ1) is 21.2. The number of benzene rings is 1. The van der Waals surface area contributed by atoms with Gasteiger partial charge >= 0.3 is 0 Å². The van der Waals surface area contributed by atoms with Gasteiger partial charge in [0.05, 0.1) is 10.2 Å². The van der Waals surface area contributed by atoms with E-state index < -0.39 is 5.82 Å². The summed E-state index contributed by atoms with van der Waals surface area (Å²) in [6.07, 6.45) is 0. The van der Waals surface area contributed by atoms with Crippen LogP contribution in [-0.4, -0.2) is 78.5 Å². The molecular weight excluding hydrogens is 423 g/mol. The normalized spacial score (nSPS) is 12.1. The number of hydroxylamine groups is 1. The predicted molar refractivity (Wildman–Crippen MR) is 101 cm³/mol. The van der Waals surface area contributed by atoms with Gasteiger partial charge in [0.25, 0.3) is 5.88 Å². The Balaban J connectivity index is 2.03. The summed E-state index contributed by atoms with van der Waals surface area (Å²) in [7, 11) is 6.02. The number of hydrogen-bond acceptors (Lipinski definition) is 8. The Bertz CT molecular complexity index is 770. The fourth-order valence-corrected chi connectivity index (χ4v) is 2.38. The van der Waals surface area contributed by atoms with Crippen LogP contribution in [0.5, 0.6) is 5.88 Å². The molecule has 1 aromatic heterocycles. The molecule has 148 valence electrons. The van der Waals surface area contributed by atoms with Gasteiger partial charge in [0.1, 0.15) is 12.4 Å². The molecule has 0 saturated heterocycles. The van der Waals surface area contributed by atoms with E-state index in [-0.39, 0.29) is 21.9 Å². The number of nitrogens with zero attached hydrogens (tertiary/aromatic N) is 5. The van der Waals surface area contributed by atoms with Crippen molar-refractivity contribution >= 4 is 27.5 Å². The van der Waals surface area contributed by atoms with Crippen LogP contribution in [-0.2, 0) is 0 Å².